The first-order chi connectivity index (χ1) is 18.3. The Hall–Kier alpha value is -2.77. The van der Waals surface area contributed by atoms with Crippen molar-refractivity contribution in [2.24, 2.45) is 22.6 Å². The van der Waals surface area contributed by atoms with Crippen molar-refractivity contribution in [3.8, 4) is 5.75 Å². The van der Waals surface area contributed by atoms with Gasteiger partial charge in [0, 0.05) is 24.3 Å². The molecule has 38 heavy (non-hydrogen) atoms. The third-order valence-corrected chi connectivity index (χ3v) is 8.29. The number of amides is 3. The number of aliphatic imine (C=N–C) groups is 1. The van der Waals surface area contributed by atoms with Crippen molar-refractivity contribution in [3.05, 3.63) is 24.3 Å². The van der Waals surface area contributed by atoms with Crippen molar-refractivity contribution < 1.29 is 14.3 Å². The van der Waals surface area contributed by atoms with Gasteiger partial charge in [0.1, 0.15) is 5.75 Å². The number of urea groups is 1. The van der Waals surface area contributed by atoms with E-state index in [1.165, 1.54) is 32.1 Å². The molecule has 0 radical (unpaired) electrons. The highest BCUT2D eigenvalue weighted by molar-refractivity contribution is 5.89. The van der Waals surface area contributed by atoms with Gasteiger partial charge in [-0.15, -0.1) is 0 Å². The van der Waals surface area contributed by atoms with Crippen LogP contribution in [0.4, 0.5) is 10.5 Å². The zero-order valence-electron chi connectivity index (χ0n) is 23.7. The molecule has 1 atom stereocenters. The Kier molecular flexibility index (Phi) is 11.7. The van der Waals surface area contributed by atoms with Gasteiger partial charge in [-0.3, -0.25) is 9.69 Å². The predicted octanol–water partition coefficient (Wildman–Crippen LogP) is 6.07. The number of nitrogens with zero attached hydrogens (tertiary/aromatic N) is 2. The van der Waals surface area contributed by atoms with Crippen LogP contribution < -0.4 is 21.1 Å². The Morgan fingerprint density at radius 2 is 1.89 bits per heavy atom. The molecular formula is C30H49N5O3. The van der Waals surface area contributed by atoms with Crippen LogP contribution in [0.15, 0.2) is 29.3 Å². The predicted molar refractivity (Wildman–Crippen MR) is 154 cm³/mol. The first-order valence-electron chi connectivity index (χ1n) is 14.6. The number of hydrogen-bond donors (Lipinski definition) is 3. The van der Waals surface area contributed by atoms with Crippen LogP contribution in [0, 0.1) is 11.8 Å². The van der Waals surface area contributed by atoms with Crippen LogP contribution in [0.2, 0.25) is 0 Å². The summed E-state index contributed by atoms with van der Waals surface area (Å²) >= 11 is 0. The van der Waals surface area contributed by atoms with E-state index in [-0.39, 0.29) is 17.6 Å². The van der Waals surface area contributed by atoms with Crippen LogP contribution in [0.1, 0.15) is 97.3 Å². The fourth-order valence-corrected chi connectivity index (χ4v) is 6.13. The van der Waals surface area contributed by atoms with Crippen molar-refractivity contribution >= 4 is 24.1 Å². The number of nitrogens with two attached hydrogens (primary N) is 1. The molecule has 0 spiro atoms. The fourth-order valence-electron chi connectivity index (χ4n) is 6.13. The van der Waals surface area contributed by atoms with Gasteiger partial charge in [-0.05, 0) is 69.4 Å². The van der Waals surface area contributed by atoms with Crippen molar-refractivity contribution in [3.63, 3.8) is 0 Å². The number of hydrogen-bond acceptors (Lipinski definition) is 4. The van der Waals surface area contributed by atoms with Crippen LogP contribution >= 0.6 is 0 Å². The monoisotopic (exact) mass is 527 g/mol. The van der Waals surface area contributed by atoms with Gasteiger partial charge in [-0.2, -0.15) is 0 Å². The van der Waals surface area contributed by atoms with Crippen LogP contribution in [-0.2, 0) is 4.79 Å². The number of rotatable bonds is 12. The van der Waals surface area contributed by atoms with Crippen LogP contribution in [0.3, 0.4) is 0 Å². The minimum Gasteiger partial charge on any atom is -0.497 e. The molecule has 0 saturated heterocycles. The number of carbonyl (C=O) groups excluding carboxylic acids is 2. The van der Waals surface area contributed by atoms with Gasteiger partial charge in [0.15, 0.2) is 5.96 Å². The second kappa shape index (κ2) is 15.0. The molecule has 8 heteroatoms. The second-order valence-electron chi connectivity index (χ2n) is 11.6. The zero-order chi connectivity index (χ0) is 27.4. The minimum atomic E-state index is -0.221. The normalized spacial score (nSPS) is 22.2. The number of nitrogens with one attached hydrogen (secondary N) is 2. The number of ether oxygens (including phenoxy) is 1. The third-order valence-electron chi connectivity index (χ3n) is 8.29. The molecule has 1 aromatic carbocycles. The number of anilines is 1. The van der Waals surface area contributed by atoms with Crippen LogP contribution in [-0.4, -0.2) is 48.5 Å². The van der Waals surface area contributed by atoms with Crippen molar-refractivity contribution in [1.82, 2.24) is 10.2 Å². The van der Waals surface area contributed by atoms with E-state index in [2.05, 4.69) is 24.5 Å². The second-order valence-corrected chi connectivity index (χ2v) is 11.6. The SMILES string of the molecule is CCCCC(C)(CC1CCCCC1)N=C(N)N(C=O)CC1CCC(NC(=O)Nc2cccc(OC)c2)CC1. The molecule has 3 rings (SSSR count). The van der Waals surface area contributed by atoms with Crippen LogP contribution in [0.25, 0.3) is 0 Å². The Morgan fingerprint density at radius 3 is 2.55 bits per heavy atom. The van der Waals surface area contributed by atoms with E-state index in [0.717, 1.165) is 57.8 Å². The van der Waals surface area contributed by atoms with Gasteiger partial charge in [0.2, 0.25) is 6.41 Å². The van der Waals surface area contributed by atoms with E-state index >= 15 is 0 Å². The molecule has 2 fully saturated rings. The lowest BCUT2D eigenvalue weighted by Gasteiger charge is -2.34. The van der Waals surface area contributed by atoms with Gasteiger partial charge < -0.3 is 21.1 Å². The molecule has 0 aliphatic heterocycles. The highest BCUT2D eigenvalue weighted by Crippen LogP contribution is 2.35. The molecule has 3 amide bonds. The highest BCUT2D eigenvalue weighted by Gasteiger charge is 2.30. The maximum absolute atomic E-state index is 12.5. The lowest BCUT2D eigenvalue weighted by molar-refractivity contribution is -0.115. The van der Waals surface area contributed by atoms with E-state index in [9.17, 15) is 9.59 Å². The van der Waals surface area contributed by atoms with E-state index in [4.69, 9.17) is 15.5 Å². The summed E-state index contributed by atoms with van der Waals surface area (Å²) in [6.07, 6.45) is 15.3. The number of carbonyl (C=O) groups is 2. The van der Waals surface area contributed by atoms with Crippen LogP contribution in [0.5, 0.6) is 5.75 Å². The number of guanidine groups is 1. The van der Waals surface area contributed by atoms with E-state index in [0.29, 0.717) is 35.8 Å². The molecule has 1 unspecified atom stereocenters. The summed E-state index contributed by atoms with van der Waals surface area (Å²) in [7, 11) is 1.60. The Balaban J connectivity index is 1.50. The third kappa shape index (κ3) is 9.52. The molecule has 2 aliphatic rings. The molecule has 0 aromatic heterocycles. The maximum atomic E-state index is 12.5. The molecule has 2 saturated carbocycles. The minimum absolute atomic E-state index is 0.111. The van der Waals surface area contributed by atoms with Crippen molar-refractivity contribution in [1.29, 1.82) is 0 Å². The molecule has 4 N–H and O–H groups in total. The Morgan fingerprint density at radius 1 is 1.16 bits per heavy atom. The molecule has 2 aliphatic carbocycles. The quantitative estimate of drug-likeness (QED) is 0.174. The van der Waals surface area contributed by atoms with Gasteiger partial charge in [0.05, 0.1) is 12.6 Å². The Bertz CT molecular complexity index is 909. The zero-order valence-corrected chi connectivity index (χ0v) is 23.7. The summed E-state index contributed by atoms with van der Waals surface area (Å²) in [6, 6.07) is 7.21. The molecule has 1 aromatic rings. The average Bonchev–Trinajstić information content (AvgIpc) is 2.92. The maximum Gasteiger partial charge on any atom is 0.319 e. The summed E-state index contributed by atoms with van der Waals surface area (Å²) in [5.74, 6) is 2.10. The number of unbranched alkanes of at least 4 members (excludes halogenated alkanes) is 1. The summed E-state index contributed by atoms with van der Waals surface area (Å²) < 4.78 is 5.22. The first kappa shape index (κ1) is 29.8. The molecule has 0 heterocycles. The summed E-state index contributed by atoms with van der Waals surface area (Å²) in [5, 5.41) is 5.96. The van der Waals surface area contributed by atoms with Gasteiger partial charge in [-0.25, -0.2) is 9.79 Å². The van der Waals surface area contributed by atoms with E-state index in [1.807, 2.05) is 18.2 Å². The summed E-state index contributed by atoms with van der Waals surface area (Å²) in [6.45, 7) is 5.01. The lowest BCUT2D eigenvalue weighted by Crippen LogP contribution is -2.44. The topological polar surface area (TPSA) is 109 Å². The first-order valence-corrected chi connectivity index (χ1v) is 14.6. The average molecular weight is 528 g/mol. The smallest absolute Gasteiger partial charge is 0.319 e. The lowest BCUT2D eigenvalue weighted by atomic mass is 9.78. The molecular weight excluding hydrogens is 478 g/mol. The standard InChI is InChI=1S/C30H49N5O3/c1-4-5-18-30(2,20-23-10-7-6-8-11-23)34-28(31)35(22-36)21-24-14-16-25(17-15-24)32-29(37)33-26-12-9-13-27(19-26)38-3/h9,12-13,19,22-25H,4-8,10-11,14-18,20-21H2,1-3H3,(H2,31,34)(H2,32,33,37). The van der Waals surface area contributed by atoms with Gasteiger partial charge >= 0.3 is 6.03 Å². The fraction of sp³-hybridized carbons (Fsp3) is 0.700. The Labute approximate surface area is 229 Å². The number of benzene rings is 1. The largest absolute Gasteiger partial charge is 0.497 e. The van der Waals surface area contributed by atoms with Crippen molar-refractivity contribution in [2.75, 3.05) is 19.0 Å². The van der Waals surface area contributed by atoms with Gasteiger partial charge in [0.25, 0.3) is 0 Å². The van der Waals surface area contributed by atoms with Gasteiger partial charge in [-0.1, -0.05) is 57.9 Å². The molecule has 0 bridgehead atoms. The van der Waals surface area contributed by atoms with E-state index in [1.54, 1.807) is 18.1 Å². The molecule has 212 valence electrons. The van der Waals surface area contributed by atoms with Crippen molar-refractivity contribution in [2.45, 2.75) is 109 Å². The molecule has 8 nitrogen and oxygen atoms in total. The summed E-state index contributed by atoms with van der Waals surface area (Å²) in [5.41, 5.74) is 6.94. The van der Waals surface area contributed by atoms with E-state index < -0.39 is 0 Å². The number of methoxy groups -OCH3 is 1. The summed E-state index contributed by atoms with van der Waals surface area (Å²) in [4.78, 5) is 31.1. The highest BCUT2D eigenvalue weighted by atomic mass is 16.5.